The maximum Gasteiger partial charge on any atom is 0.477 e. The second kappa shape index (κ2) is 3.71. The van der Waals surface area contributed by atoms with E-state index in [0.717, 1.165) is 0 Å². The molecule has 7 heteroatoms. The molecular weight excluding hydrogens is 310 g/mol. The summed E-state index contributed by atoms with van der Waals surface area (Å²) in [7, 11) is 0. The minimum atomic E-state index is -4.59. The van der Waals surface area contributed by atoms with Crippen LogP contribution in [-0.4, -0.2) is 16.9 Å². The molecule has 1 heterocycles. The summed E-state index contributed by atoms with van der Waals surface area (Å²) in [4.78, 5) is 3.55. The summed E-state index contributed by atoms with van der Waals surface area (Å²) >= 11 is 1.72. The van der Waals surface area contributed by atoms with Gasteiger partial charge >= 0.3 is 6.18 Å². The molecule has 0 aliphatic carbocycles. The highest BCUT2D eigenvalue weighted by Crippen LogP contribution is 2.25. The molecule has 1 rings (SSSR count). The van der Waals surface area contributed by atoms with Crippen LogP contribution in [0.3, 0.4) is 0 Å². The van der Waals surface area contributed by atoms with E-state index in [4.69, 9.17) is 11.1 Å². The number of rotatable bonds is 1. The molecule has 0 saturated carbocycles. The van der Waals surface area contributed by atoms with Crippen LogP contribution >= 0.6 is 22.6 Å². The zero-order valence-corrected chi connectivity index (χ0v) is 8.93. The van der Waals surface area contributed by atoms with Gasteiger partial charge in [-0.05, 0) is 28.7 Å². The fourth-order valence-electron chi connectivity index (χ4n) is 0.862. The minimum Gasteiger partial charge on any atom is -0.383 e. The number of pyridine rings is 1. The summed E-state index contributed by atoms with van der Waals surface area (Å²) in [6, 6.07) is 1.41. The third-order valence-corrected chi connectivity index (χ3v) is 2.40. The van der Waals surface area contributed by atoms with Crippen molar-refractivity contribution >= 4 is 34.1 Å². The Labute approximate surface area is 91.2 Å². The molecule has 0 aliphatic heterocycles. The molecule has 1 aromatic heterocycles. The number of hydrogen-bond donors (Lipinski definition) is 2. The van der Waals surface area contributed by atoms with Crippen molar-refractivity contribution in [1.29, 1.82) is 0 Å². The van der Waals surface area contributed by atoms with Crippen molar-refractivity contribution in [1.82, 2.24) is 4.98 Å². The third-order valence-electron chi connectivity index (χ3n) is 1.50. The van der Waals surface area contributed by atoms with Gasteiger partial charge in [0, 0.05) is 9.77 Å². The number of aromatic nitrogens is 1. The molecule has 0 radical (unpaired) electrons. The summed E-state index contributed by atoms with van der Waals surface area (Å²) in [5.74, 6) is -0.216. The van der Waals surface area contributed by atoms with E-state index in [0.29, 0.717) is 3.57 Å². The number of hydrogen-bond acceptors (Lipinski definition) is 2. The molecule has 0 fully saturated rings. The Hall–Kier alpha value is -0.860. The Morgan fingerprint density at radius 2 is 2.07 bits per heavy atom. The average Bonchev–Trinajstić information content (AvgIpc) is 2.01. The molecule has 0 atom stereocenters. The lowest BCUT2D eigenvalue weighted by molar-refractivity contribution is -0.166. The van der Waals surface area contributed by atoms with Crippen molar-refractivity contribution in [3.05, 3.63) is 21.4 Å². The second-order valence-electron chi connectivity index (χ2n) is 2.46. The van der Waals surface area contributed by atoms with Crippen molar-refractivity contribution in [3.63, 3.8) is 0 Å². The number of nitrogens with zero attached hydrogens (tertiary/aromatic N) is 1. The Morgan fingerprint density at radius 1 is 1.50 bits per heavy atom. The van der Waals surface area contributed by atoms with Gasteiger partial charge in [-0.25, -0.2) is 10.4 Å². The molecule has 76 valence electrons. The molecule has 0 amide bonds. The maximum absolute atomic E-state index is 12.2. The quantitative estimate of drug-likeness (QED) is 0.581. The zero-order valence-electron chi connectivity index (χ0n) is 6.77. The Bertz CT molecular complexity index is 355. The van der Waals surface area contributed by atoms with E-state index >= 15 is 0 Å². The first kappa shape index (κ1) is 11.2. The van der Waals surface area contributed by atoms with Crippen LogP contribution in [0, 0.1) is 3.57 Å². The summed E-state index contributed by atoms with van der Waals surface area (Å²) in [5, 5.41) is 4.94. The van der Waals surface area contributed by atoms with Crippen LogP contribution in [0.4, 0.5) is 19.0 Å². The van der Waals surface area contributed by atoms with Crippen molar-refractivity contribution in [3.8, 4) is 0 Å². The fraction of sp³-hybridized carbons (Fsp3) is 0.143. The van der Waals surface area contributed by atoms with Crippen LogP contribution in [0.1, 0.15) is 5.56 Å². The standard InChI is InChI=1S/C7H5F3IN3/c8-7(9,10)5(12)4-3(11)1-2-14-6(4)13/h1-2,12H,(H2,13,14)/p+1. The highest BCUT2D eigenvalue weighted by Gasteiger charge is 2.43. The molecule has 0 spiro atoms. The summed E-state index contributed by atoms with van der Waals surface area (Å²) in [5.41, 5.74) is 3.84. The van der Waals surface area contributed by atoms with Crippen LogP contribution < -0.4 is 11.1 Å². The lowest BCUT2D eigenvalue weighted by Crippen LogP contribution is -2.50. The molecule has 0 aliphatic rings. The van der Waals surface area contributed by atoms with Crippen molar-refractivity contribution in [2.45, 2.75) is 6.18 Å². The first-order valence-corrected chi connectivity index (χ1v) is 4.52. The number of alkyl halides is 3. The number of nitrogens with two attached hydrogens (primary N) is 2. The van der Waals surface area contributed by atoms with Crippen molar-refractivity contribution in [2.24, 2.45) is 0 Å². The predicted molar refractivity (Wildman–Crippen MR) is 53.5 cm³/mol. The highest BCUT2D eigenvalue weighted by molar-refractivity contribution is 14.1. The fourth-order valence-corrected chi connectivity index (χ4v) is 1.59. The van der Waals surface area contributed by atoms with Crippen LogP contribution in [0.25, 0.3) is 0 Å². The van der Waals surface area contributed by atoms with E-state index in [9.17, 15) is 13.2 Å². The van der Waals surface area contributed by atoms with E-state index in [1.54, 1.807) is 22.6 Å². The normalized spacial score (nSPS) is 11.4. The number of nitrogen functional groups attached to an aromatic ring is 1. The lowest BCUT2D eigenvalue weighted by atomic mass is 10.1. The Kier molecular flexibility index (Phi) is 2.98. The maximum atomic E-state index is 12.2. The largest absolute Gasteiger partial charge is 0.477 e. The van der Waals surface area contributed by atoms with Crippen LogP contribution in [0.15, 0.2) is 12.3 Å². The highest BCUT2D eigenvalue weighted by atomic mass is 127. The van der Waals surface area contributed by atoms with Gasteiger partial charge in [-0.1, -0.05) is 0 Å². The van der Waals surface area contributed by atoms with Crippen molar-refractivity contribution in [2.75, 3.05) is 5.73 Å². The molecule has 0 bridgehead atoms. The molecule has 0 unspecified atom stereocenters. The minimum absolute atomic E-state index is 0.216. The van der Waals surface area contributed by atoms with E-state index in [-0.39, 0.29) is 11.4 Å². The van der Waals surface area contributed by atoms with E-state index < -0.39 is 11.9 Å². The van der Waals surface area contributed by atoms with Gasteiger partial charge in [0.15, 0.2) is 0 Å². The lowest BCUT2D eigenvalue weighted by Gasteiger charge is -2.07. The van der Waals surface area contributed by atoms with E-state index in [1.807, 2.05) is 0 Å². The first-order chi connectivity index (χ1) is 6.34. The summed E-state index contributed by atoms with van der Waals surface area (Å²) in [6.07, 6.45) is -3.26. The summed E-state index contributed by atoms with van der Waals surface area (Å²) < 4.78 is 37.1. The van der Waals surface area contributed by atoms with Gasteiger partial charge in [-0.15, -0.1) is 0 Å². The zero-order chi connectivity index (χ0) is 10.9. The predicted octanol–water partition coefficient (Wildman–Crippen LogP) is 0.379. The van der Waals surface area contributed by atoms with Gasteiger partial charge in [-0.2, -0.15) is 13.2 Å². The van der Waals surface area contributed by atoms with Gasteiger partial charge in [0.25, 0.3) is 5.71 Å². The van der Waals surface area contributed by atoms with Crippen LogP contribution in [0.2, 0.25) is 0 Å². The number of anilines is 1. The van der Waals surface area contributed by atoms with E-state index in [2.05, 4.69) is 4.98 Å². The Morgan fingerprint density at radius 3 is 2.50 bits per heavy atom. The van der Waals surface area contributed by atoms with Crippen molar-refractivity contribution < 1.29 is 18.6 Å². The molecule has 0 saturated heterocycles. The van der Waals surface area contributed by atoms with Crippen LogP contribution in [-0.2, 0) is 0 Å². The SMILES string of the molecule is Nc1nccc(I)c1C(=[NH2+])C(F)(F)F. The monoisotopic (exact) mass is 316 g/mol. The van der Waals surface area contributed by atoms with Gasteiger partial charge in [0.2, 0.25) is 0 Å². The molecule has 1 aromatic rings. The van der Waals surface area contributed by atoms with Gasteiger partial charge < -0.3 is 5.73 Å². The molecular formula is C7H6F3IN3+. The summed E-state index contributed by atoms with van der Waals surface area (Å²) in [6.45, 7) is 0. The van der Waals surface area contributed by atoms with E-state index in [1.165, 1.54) is 12.3 Å². The topological polar surface area (TPSA) is 64.5 Å². The van der Waals surface area contributed by atoms with Gasteiger partial charge in [0.05, 0.1) is 0 Å². The Balaban J connectivity index is 3.26. The molecule has 0 aromatic carbocycles. The third kappa shape index (κ3) is 2.14. The first-order valence-electron chi connectivity index (χ1n) is 3.44. The molecule has 3 nitrogen and oxygen atoms in total. The smallest absolute Gasteiger partial charge is 0.383 e. The van der Waals surface area contributed by atoms with Gasteiger partial charge in [0.1, 0.15) is 11.4 Å². The number of halogens is 4. The molecule has 14 heavy (non-hydrogen) atoms. The second-order valence-corrected chi connectivity index (χ2v) is 3.63. The van der Waals surface area contributed by atoms with Gasteiger partial charge in [-0.3, -0.25) is 0 Å². The van der Waals surface area contributed by atoms with Crippen LogP contribution in [0.5, 0.6) is 0 Å². The molecule has 4 N–H and O–H groups in total. The average molecular weight is 316 g/mol.